The first-order valence-corrected chi connectivity index (χ1v) is 9.95. The summed E-state index contributed by atoms with van der Waals surface area (Å²) < 4.78 is 0. The number of hydrogen-bond donors (Lipinski definition) is 3. The summed E-state index contributed by atoms with van der Waals surface area (Å²) in [6.45, 7) is 4.32. The Kier molecular flexibility index (Phi) is 8.05. The second-order valence-corrected chi connectivity index (χ2v) is 7.61. The largest absolute Gasteiger partial charge is 0.322 e. The summed E-state index contributed by atoms with van der Waals surface area (Å²) in [5.74, 6) is 0.00219. The number of quaternary nitrogens is 1. The third kappa shape index (κ3) is 6.41. The molecule has 1 atom stereocenters. The Morgan fingerprint density at radius 2 is 1.61 bits per heavy atom. The number of carbonyl (C=O) groups excluding carboxylic acids is 2. The summed E-state index contributed by atoms with van der Waals surface area (Å²) in [6, 6.07) is 15.2. The Bertz CT molecular complexity index is 892. The monoisotopic (exact) mass is 397 g/mol. The summed E-state index contributed by atoms with van der Waals surface area (Å²) in [5.41, 5.74) is 3.63. The van der Waals surface area contributed by atoms with Crippen LogP contribution in [0.25, 0.3) is 0 Å². The van der Waals surface area contributed by atoms with Gasteiger partial charge in [-0.3, -0.25) is 9.59 Å². The van der Waals surface area contributed by atoms with Crippen LogP contribution in [0.2, 0.25) is 0 Å². The summed E-state index contributed by atoms with van der Waals surface area (Å²) in [7, 11) is 1.80. The number of hydrogen-bond acceptors (Lipinski definition) is 4. The van der Waals surface area contributed by atoms with Crippen LogP contribution in [0, 0.1) is 25.2 Å². The van der Waals surface area contributed by atoms with E-state index in [1.807, 2.05) is 50.2 Å². The molecule has 0 fully saturated rings. The minimum atomic E-state index is -0.179. The lowest BCUT2D eigenvalue weighted by Crippen LogP contribution is -3.11. The number of nitrogens with one attached hydrogen (secondary N) is 3. The highest BCUT2D eigenvalue weighted by molar-refractivity contribution is 7.99. The van der Waals surface area contributed by atoms with Crippen LogP contribution in [0.3, 0.4) is 0 Å². The van der Waals surface area contributed by atoms with Gasteiger partial charge in [0.1, 0.15) is 0 Å². The van der Waals surface area contributed by atoms with Crippen molar-refractivity contribution in [2.45, 2.75) is 18.7 Å². The zero-order valence-electron chi connectivity index (χ0n) is 16.3. The summed E-state index contributed by atoms with van der Waals surface area (Å²) in [6.07, 6.45) is 0. The SMILES string of the molecule is Cc1cccc(NC(=O)C[NH+](C)CC(=O)Nc2ccccc2SCC#N)c1C. The van der Waals surface area contributed by atoms with E-state index in [4.69, 9.17) is 5.26 Å². The highest BCUT2D eigenvalue weighted by Crippen LogP contribution is 2.26. The zero-order valence-corrected chi connectivity index (χ0v) is 17.2. The first-order valence-electron chi connectivity index (χ1n) is 8.96. The maximum Gasteiger partial charge on any atom is 0.279 e. The van der Waals surface area contributed by atoms with Gasteiger partial charge in [-0.15, -0.1) is 11.8 Å². The van der Waals surface area contributed by atoms with Gasteiger partial charge in [0.05, 0.1) is 24.6 Å². The topological polar surface area (TPSA) is 86.4 Å². The number of nitrogens with zero attached hydrogens (tertiary/aromatic N) is 1. The van der Waals surface area contributed by atoms with Crippen molar-refractivity contribution >= 4 is 35.0 Å². The molecule has 0 heterocycles. The molecule has 0 aliphatic carbocycles. The first-order chi connectivity index (χ1) is 13.4. The fourth-order valence-corrected chi connectivity index (χ4v) is 3.36. The molecule has 6 nitrogen and oxygen atoms in total. The van der Waals surface area contributed by atoms with Crippen molar-refractivity contribution in [1.82, 2.24) is 0 Å². The van der Waals surface area contributed by atoms with E-state index in [0.29, 0.717) is 11.4 Å². The number of carbonyl (C=O) groups is 2. The number of rotatable bonds is 8. The van der Waals surface area contributed by atoms with Crippen molar-refractivity contribution in [3.05, 3.63) is 53.6 Å². The van der Waals surface area contributed by atoms with Gasteiger partial charge in [-0.1, -0.05) is 24.3 Å². The number of benzene rings is 2. The van der Waals surface area contributed by atoms with Crippen molar-refractivity contribution in [2.24, 2.45) is 0 Å². The van der Waals surface area contributed by atoms with Gasteiger partial charge in [0.2, 0.25) is 0 Å². The fraction of sp³-hybridized carbons (Fsp3) is 0.286. The highest BCUT2D eigenvalue weighted by Gasteiger charge is 2.16. The smallest absolute Gasteiger partial charge is 0.279 e. The highest BCUT2D eigenvalue weighted by atomic mass is 32.2. The van der Waals surface area contributed by atoms with Gasteiger partial charge >= 0.3 is 0 Å². The minimum Gasteiger partial charge on any atom is -0.322 e. The predicted molar refractivity (Wildman–Crippen MR) is 113 cm³/mol. The normalized spacial score (nSPS) is 11.4. The van der Waals surface area contributed by atoms with E-state index in [2.05, 4.69) is 16.7 Å². The third-order valence-electron chi connectivity index (χ3n) is 4.26. The van der Waals surface area contributed by atoms with E-state index in [9.17, 15) is 9.59 Å². The molecule has 0 aromatic heterocycles. The van der Waals surface area contributed by atoms with E-state index in [1.165, 1.54) is 11.8 Å². The van der Waals surface area contributed by atoms with Crippen LogP contribution in [0.4, 0.5) is 11.4 Å². The molecule has 2 rings (SSSR count). The van der Waals surface area contributed by atoms with E-state index in [-0.39, 0.29) is 24.9 Å². The lowest BCUT2D eigenvalue weighted by molar-refractivity contribution is -0.862. The standard InChI is InChI=1S/C21H24N4O2S/c1-15-7-6-9-17(16(15)2)23-20(26)13-25(3)14-21(27)24-18-8-4-5-10-19(18)28-12-11-22/h4-10H,12-14H2,1-3H3,(H,23,26)(H,24,27)/p+1. The number of anilines is 2. The van der Waals surface area contributed by atoms with E-state index in [1.54, 1.807) is 13.1 Å². The Morgan fingerprint density at radius 3 is 2.29 bits per heavy atom. The van der Waals surface area contributed by atoms with Crippen molar-refractivity contribution in [2.75, 3.05) is 36.5 Å². The molecule has 7 heteroatoms. The van der Waals surface area contributed by atoms with Gasteiger partial charge in [0.25, 0.3) is 11.8 Å². The second kappa shape index (κ2) is 10.5. The van der Waals surface area contributed by atoms with Crippen molar-refractivity contribution in [1.29, 1.82) is 5.26 Å². The average molecular weight is 398 g/mol. The predicted octanol–water partition coefficient (Wildman–Crippen LogP) is 2.01. The molecule has 0 saturated carbocycles. The Labute approximate surface area is 169 Å². The van der Waals surface area contributed by atoms with Crippen molar-refractivity contribution < 1.29 is 14.5 Å². The van der Waals surface area contributed by atoms with E-state index >= 15 is 0 Å². The van der Waals surface area contributed by atoms with Crippen LogP contribution in [-0.2, 0) is 9.59 Å². The van der Waals surface area contributed by atoms with Gasteiger partial charge < -0.3 is 15.5 Å². The first kappa shape index (κ1) is 21.5. The average Bonchev–Trinajstić information content (AvgIpc) is 2.64. The molecule has 0 saturated heterocycles. The maximum atomic E-state index is 12.3. The lowest BCUT2D eigenvalue weighted by atomic mass is 10.1. The number of aryl methyl sites for hydroxylation is 1. The molecular formula is C21H25N4O2S+. The molecular weight excluding hydrogens is 372 g/mol. The molecule has 0 aliphatic rings. The Hall–Kier alpha value is -2.82. The maximum absolute atomic E-state index is 12.3. The summed E-state index contributed by atoms with van der Waals surface area (Å²) in [4.78, 5) is 26.3. The minimum absolute atomic E-state index is 0.135. The van der Waals surface area contributed by atoms with Gasteiger partial charge in [-0.25, -0.2) is 0 Å². The van der Waals surface area contributed by atoms with Gasteiger partial charge in [-0.05, 0) is 43.2 Å². The second-order valence-electron chi connectivity index (χ2n) is 6.60. The fourth-order valence-electron chi connectivity index (χ4n) is 2.69. The van der Waals surface area contributed by atoms with Crippen LogP contribution in [0.5, 0.6) is 0 Å². The number of para-hydroxylation sites is 1. The summed E-state index contributed by atoms with van der Waals surface area (Å²) in [5, 5.41) is 14.5. The number of thioether (sulfide) groups is 1. The molecule has 3 N–H and O–H groups in total. The Balaban J connectivity index is 1.88. The zero-order chi connectivity index (χ0) is 20.5. The molecule has 2 amide bonds. The molecule has 2 aromatic rings. The summed E-state index contributed by atoms with van der Waals surface area (Å²) >= 11 is 1.38. The van der Waals surface area contributed by atoms with Crippen molar-refractivity contribution in [3.8, 4) is 6.07 Å². The number of nitriles is 1. The molecule has 0 bridgehead atoms. The number of amides is 2. The van der Waals surface area contributed by atoms with Gasteiger partial charge in [0.15, 0.2) is 13.1 Å². The van der Waals surface area contributed by atoms with Crippen LogP contribution >= 0.6 is 11.8 Å². The van der Waals surface area contributed by atoms with Gasteiger partial charge in [0, 0.05) is 10.6 Å². The van der Waals surface area contributed by atoms with Gasteiger partial charge in [-0.2, -0.15) is 5.26 Å². The van der Waals surface area contributed by atoms with Crippen LogP contribution in [-0.4, -0.2) is 37.7 Å². The molecule has 2 aromatic carbocycles. The number of likely N-dealkylation sites (N-methyl/N-ethyl adjacent to an activating group) is 1. The van der Waals surface area contributed by atoms with Crippen molar-refractivity contribution in [3.63, 3.8) is 0 Å². The molecule has 1 unspecified atom stereocenters. The molecule has 146 valence electrons. The third-order valence-corrected chi connectivity index (χ3v) is 5.20. The molecule has 0 aliphatic heterocycles. The molecule has 0 radical (unpaired) electrons. The van der Waals surface area contributed by atoms with E-state index < -0.39 is 0 Å². The molecule has 0 spiro atoms. The van der Waals surface area contributed by atoms with Crippen LogP contribution < -0.4 is 15.5 Å². The van der Waals surface area contributed by atoms with Crippen LogP contribution in [0.15, 0.2) is 47.4 Å². The van der Waals surface area contributed by atoms with Crippen LogP contribution in [0.1, 0.15) is 11.1 Å². The van der Waals surface area contributed by atoms with E-state index in [0.717, 1.165) is 26.6 Å². The quantitative estimate of drug-likeness (QED) is 0.595. The Morgan fingerprint density at radius 1 is 1.00 bits per heavy atom. The lowest BCUT2D eigenvalue weighted by Gasteiger charge is -2.15. The molecule has 28 heavy (non-hydrogen) atoms.